The Morgan fingerprint density at radius 3 is 2.30 bits per heavy atom. The van der Waals surface area contributed by atoms with Crippen molar-refractivity contribution in [3.63, 3.8) is 0 Å². The standard InChI is InChI=1S/C28H29ClO3S/c1-19-10-11-23(17-20(19)2)27(30)26(22-7-6-8-24(29)18-22)9-4-5-16-33-25-14-12-21(13-15-25)28(31)32-3/h6-8,10-15,17-18,26H,4-5,9,16H2,1-3H3. The summed E-state index contributed by atoms with van der Waals surface area (Å²) in [5.41, 5.74) is 4.58. The Morgan fingerprint density at radius 1 is 0.909 bits per heavy atom. The number of unbranched alkanes of at least 4 members (excludes halogenated alkanes) is 1. The van der Waals surface area contributed by atoms with Crippen LogP contribution in [-0.4, -0.2) is 24.6 Å². The molecule has 0 N–H and O–H groups in total. The number of methoxy groups -OCH3 is 1. The summed E-state index contributed by atoms with van der Waals surface area (Å²) in [6, 6.07) is 21.0. The predicted octanol–water partition coefficient (Wildman–Crippen LogP) is 7.67. The normalized spacial score (nSPS) is 11.8. The van der Waals surface area contributed by atoms with Gasteiger partial charge in [0.1, 0.15) is 0 Å². The Balaban J connectivity index is 1.61. The molecule has 0 saturated heterocycles. The van der Waals surface area contributed by atoms with Gasteiger partial charge in [-0.05, 0) is 91.6 Å². The van der Waals surface area contributed by atoms with Crippen molar-refractivity contribution in [1.29, 1.82) is 0 Å². The van der Waals surface area contributed by atoms with Crippen LogP contribution in [0.25, 0.3) is 0 Å². The molecule has 0 bridgehead atoms. The van der Waals surface area contributed by atoms with Gasteiger partial charge in [-0.15, -0.1) is 11.8 Å². The third-order valence-electron chi connectivity index (χ3n) is 5.79. The van der Waals surface area contributed by atoms with E-state index in [4.69, 9.17) is 16.3 Å². The highest BCUT2D eigenvalue weighted by Gasteiger charge is 2.22. The number of hydrogen-bond acceptors (Lipinski definition) is 4. The molecule has 172 valence electrons. The molecule has 1 atom stereocenters. The van der Waals surface area contributed by atoms with Crippen LogP contribution < -0.4 is 0 Å². The molecule has 33 heavy (non-hydrogen) atoms. The maximum absolute atomic E-state index is 13.4. The zero-order valence-electron chi connectivity index (χ0n) is 19.3. The second-order valence-corrected chi connectivity index (χ2v) is 9.74. The lowest BCUT2D eigenvalue weighted by atomic mass is 9.86. The van der Waals surface area contributed by atoms with Crippen molar-refractivity contribution in [3.05, 3.63) is 99.6 Å². The minimum atomic E-state index is -0.327. The van der Waals surface area contributed by atoms with Gasteiger partial charge in [-0.25, -0.2) is 4.79 Å². The summed E-state index contributed by atoms with van der Waals surface area (Å²) in [5, 5.41) is 0.649. The van der Waals surface area contributed by atoms with Crippen LogP contribution in [0.5, 0.6) is 0 Å². The molecule has 0 fully saturated rings. The van der Waals surface area contributed by atoms with E-state index in [0.29, 0.717) is 10.6 Å². The van der Waals surface area contributed by atoms with Crippen LogP contribution in [0.1, 0.15) is 62.6 Å². The number of carbonyl (C=O) groups excluding carboxylic acids is 2. The first-order valence-electron chi connectivity index (χ1n) is 11.1. The minimum absolute atomic E-state index is 0.145. The van der Waals surface area contributed by atoms with E-state index in [1.54, 1.807) is 23.9 Å². The van der Waals surface area contributed by atoms with Gasteiger partial charge in [0.15, 0.2) is 5.78 Å². The van der Waals surface area contributed by atoms with E-state index in [9.17, 15) is 9.59 Å². The number of benzene rings is 3. The molecular weight excluding hydrogens is 452 g/mol. The molecule has 0 aromatic heterocycles. The number of ether oxygens (including phenoxy) is 1. The SMILES string of the molecule is COC(=O)c1ccc(SCCCCC(C(=O)c2ccc(C)c(C)c2)c2cccc(Cl)c2)cc1. The van der Waals surface area contributed by atoms with Crippen LogP contribution in [0.4, 0.5) is 0 Å². The molecule has 3 nitrogen and oxygen atoms in total. The average Bonchev–Trinajstić information content (AvgIpc) is 2.82. The number of hydrogen-bond donors (Lipinski definition) is 0. The van der Waals surface area contributed by atoms with Crippen molar-refractivity contribution in [3.8, 4) is 0 Å². The van der Waals surface area contributed by atoms with Gasteiger partial charge in [-0.2, -0.15) is 0 Å². The molecule has 0 aliphatic heterocycles. The number of aryl methyl sites for hydroxylation is 2. The summed E-state index contributed by atoms with van der Waals surface area (Å²) >= 11 is 7.98. The molecule has 0 amide bonds. The molecule has 0 aliphatic rings. The van der Waals surface area contributed by atoms with Crippen LogP contribution in [0, 0.1) is 13.8 Å². The van der Waals surface area contributed by atoms with Crippen molar-refractivity contribution >= 4 is 35.1 Å². The van der Waals surface area contributed by atoms with Gasteiger partial charge in [0, 0.05) is 21.4 Å². The lowest BCUT2D eigenvalue weighted by molar-refractivity contribution is 0.0600. The molecule has 0 radical (unpaired) electrons. The molecule has 1 unspecified atom stereocenters. The van der Waals surface area contributed by atoms with Crippen LogP contribution in [0.2, 0.25) is 5.02 Å². The monoisotopic (exact) mass is 480 g/mol. The minimum Gasteiger partial charge on any atom is -0.465 e. The Labute approximate surface area is 205 Å². The first-order valence-corrected chi connectivity index (χ1v) is 12.4. The molecule has 0 spiro atoms. The van der Waals surface area contributed by atoms with Gasteiger partial charge >= 0.3 is 5.97 Å². The summed E-state index contributed by atoms with van der Waals surface area (Å²) in [6.07, 6.45) is 2.69. The second kappa shape index (κ2) is 12.1. The fraction of sp³-hybridized carbons (Fsp3) is 0.286. The third kappa shape index (κ3) is 6.96. The molecule has 0 heterocycles. The Hall–Kier alpha value is -2.56. The van der Waals surface area contributed by atoms with E-state index < -0.39 is 0 Å². The average molecular weight is 481 g/mol. The first-order chi connectivity index (χ1) is 15.9. The molecule has 3 aromatic carbocycles. The second-order valence-electron chi connectivity index (χ2n) is 8.13. The summed E-state index contributed by atoms with van der Waals surface area (Å²) in [4.78, 5) is 26.1. The predicted molar refractivity (Wildman–Crippen MR) is 137 cm³/mol. The number of thioether (sulfide) groups is 1. The van der Waals surface area contributed by atoms with E-state index in [1.165, 1.54) is 12.7 Å². The van der Waals surface area contributed by atoms with Gasteiger partial charge in [-0.1, -0.05) is 42.3 Å². The van der Waals surface area contributed by atoms with E-state index in [2.05, 4.69) is 6.92 Å². The van der Waals surface area contributed by atoms with E-state index >= 15 is 0 Å². The van der Waals surface area contributed by atoms with E-state index in [-0.39, 0.29) is 17.7 Å². The van der Waals surface area contributed by atoms with Crippen molar-refractivity contribution in [1.82, 2.24) is 0 Å². The van der Waals surface area contributed by atoms with Crippen molar-refractivity contribution < 1.29 is 14.3 Å². The summed E-state index contributed by atoms with van der Waals surface area (Å²) in [7, 11) is 1.38. The highest BCUT2D eigenvalue weighted by Crippen LogP contribution is 2.30. The lowest BCUT2D eigenvalue weighted by Crippen LogP contribution is -2.14. The molecular formula is C28H29ClO3S. The van der Waals surface area contributed by atoms with E-state index in [0.717, 1.165) is 46.6 Å². The Morgan fingerprint density at radius 2 is 1.64 bits per heavy atom. The number of halogens is 1. The van der Waals surface area contributed by atoms with Crippen LogP contribution in [0.3, 0.4) is 0 Å². The maximum Gasteiger partial charge on any atom is 0.337 e. The van der Waals surface area contributed by atoms with Gasteiger partial charge < -0.3 is 4.74 Å². The van der Waals surface area contributed by atoms with Crippen molar-refractivity contribution in [2.24, 2.45) is 0 Å². The Kier molecular flexibility index (Phi) is 9.16. The summed E-state index contributed by atoms with van der Waals surface area (Å²) in [5.74, 6) is 0.547. The molecule has 0 saturated carbocycles. The fourth-order valence-electron chi connectivity index (χ4n) is 3.71. The first kappa shape index (κ1) is 25.1. The van der Waals surface area contributed by atoms with Crippen LogP contribution in [0.15, 0.2) is 71.6 Å². The smallest absolute Gasteiger partial charge is 0.337 e. The summed E-state index contributed by atoms with van der Waals surface area (Å²) < 4.78 is 4.74. The maximum atomic E-state index is 13.4. The number of carbonyl (C=O) groups is 2. The van der Waals surface area contributed by atoms with Gasteiger partial charge in [-0.3, -0.25) is 4.79 Å². The van der Waals surface area contributed by atoms with Gasteiger partial charge in [0.25, 0.3) is 0 Å². The van der Waals surface area contributed by atoms with Gasteiger partial charge in [0.2, 0.25) is 0 Å². The Bertz CT molecular complexity index is 1110. The quantitative estimate of drug-likeness (QED) is 0.129. The topological polar surface area (TPSA) is 43.4 Å². The number of Topliss-reactive ketones (excluding diaryl/α,β-unsaturated/α-hetero) is 1. The lowest BCUT2D eigenvalue weighted by Gasteiger charge is -2.17. The number of ketones is 1. The van der Waals surface area contributed by atoms with Crippen molar-refractivity contribution in [2.75, 3.05) is 12.9 Å². The van der Waals surface area contributed by atoms with E-state index in [1.807, 2.05) is 61.5 Å². The van der Waals surface area contributed by atoms with Crippen molar-refractivity contribution in [2.45, 2.75) is 43.9 Å². The highest BCUT2D eigenvalue weighted by atomic mass is 35.5. The molecule has 0 aliphatic carbocycles. The molecule has 3 aromatic rings. The summed E-state index contributed by atoms with van der Waals surface area (Å²) in [6.45, 7) is 4.09. The molecule has 3 rings (SSSR count). The van der Waals surface area contributed by atoms with Gasteiger partial charge in [0.05, 0.1) is 12.7 Å². The van der Waals surface area contributed by atoms with Crippen LogP contribution >= 0.6 is 23.4 Å². The third-order valence-corrected chi connectivity index (χ3v) is 7.12. The number of rotatable bonds is 10. The number of esters is 1. The van der Waals surface area contributed by atoms with Crippen LogP contribution in [-0.2, 0) is 4.74 Å². The zero-order chi connectivity index (χ0) is 23.8. The fourth-order valence-corrected chi connectivity index (χ4v) is 4.83. The largest absolute Gasteiger partial charge is 0.465 e. The highest BCUT2D eigenvalue weighted by molar-refractivity contribution is 7.99. The molecule has 5 heteroatoms. The zero-order valence-corrected chi connectivity index (χ0v) is 20.8.